The van der Waals surface area contributed by atoms with Gasteiger partial charge in [0.2, 0.25) is 0 Å². The van der Waals surface area contributed by atoms with Gasteiger partial charge in [0.15, 0.2) is 0 Å². The monoisotopic (exact) mass is 256 g/mol. The van der Waals surface area contributed by atoms with Gasteiger partial charge in [0.25, 0.3) is 0 Å². The zero-order valence-electron chi connectivity index (χ0n) is 10.6. The highest BCUT2D eigenvalue weighted by Gasteiger charge is 2.33. The van der Waals surface area contributed by atoms with E-state index in [0.29, 0.717) is 19.6 Å². The van der Waals surface area contributed by atoms with Crippen LogP contribution in [0.1, 0.15) is 13.3 Å². The molecule has 0 aromatic carbocycles. The van der Waals surface area contributed by atoms with Crippen LogP contribution in [-0.2, 0) is 14.3 Å². The Labute approximate surface area is 107 Å². The van der Waals surface area contributed by atoms with E-state index in [-0.39, 0.29) is 24.5 Å². The highest BCUT2D eigenvalue weighted by molar-refractivity contribution is 5.75. The zero-order valence-corrected chi connectivity index (χ0v) is 10.6. The Morgan fingerprint density at radius 3 is 2.94 bits per heavy atom. The first-order valence-corrected chi connectivity index (χ1v) is 6.10. The second-order valence-electron chi connectivity index (χ2n) is 3.99. The molecule has 1 unspecified atom stereocenters. The summed E-state index contributed by atoms with van der Waals surface area (Å²) in [7, 11) is 0. The number of piperidine rings is 1. The van der Waals surface area contributed by atoms with Crippen LogP contribution in [0.2, 0.25) is 0 Å². The molecule has 2 N–H and O–H groups in total. The summed E-state index contributed by atoms with van der Waals surface area (Å²) in [6.45, 7) is 6.96. The van der Waals surface area contributed by atoms with Crippen LogP contribution in [0.4, 0.5) is 4.79 Å². The lowest BCUT2D eigenvalue weighted by atomic mass is 9.93. The first-order valence-electron chi connectivity index (χ1n) is 6.10. The summed E-state index contributed by atoms with van der Waals surface area (Å²) >= 11 is 0. The van der Waals surface area contributed by atoms with Crippen LogP contribution < -0.4 is 10.6 Å². The maximum atomic E-state index is 11.7. The number of carbonyl (C=O) groups is 2. The average molecular weight is 256 g/mol. The van der Waals surface area contributed by atoms with E-state index in [1.165, 1.54) is 6.08 Å². The number of carbonyl (C=O) groups excluding carboxylic acids is 2. The molecule has 0 radical (unpaired) electrons. The molecule has 6 heteroatoms. The molecular formula is C12H20N2O4. The fourth-order valence-corrected chi connectivity index (χ4v) is 1.86. The number of esters is 1. The van der Waals surface area contributed by atoms with Crippen molar-refractivity contribution < 1.29 is 19.1 Å². The lowest BCUT2D eigenvalue weighted by molar-refractivity contribution is -0.149. The van der Waals surface area contributed by atoms with Crippen molar-refractivity contribution >= 4 is 12.1 Å². The highest BCUT2D eigenvalue weighted by atomic mass is 16.5. The predicted octanol–water partition coefficient (Wildman–Crippen LogP) is 0.440. The third-order valence-corrected chi connectivity index (χ3v) is 2.71. The lowest BCUT2D eigenvalue weighted by Gasteiger charge is -2.30. The van der Waals surface area contributed by atoms with Crippen molar-refractivity contribution in [2.75, 3.05) is 26.3 Å². The minimum atomic E-state index is -0.531. The number of hydrogen-bond acceptors (Lipinski definition) is 5. The Hall–Kier alpha value is -1.56. The Morgan fingerprint density at radius 1 is 1.50 bits per heavy atom. The topological polar surface area (TPSA) is 76.7 Å². The smallest absolute Gasteiger partial charge is 0.407 e. The SMILES string of the molecule is C=CCOC(=O)NC1CCNC[C@@H]1C(=O)OCC. The first kappa shape index (κ1) is 14.5. The minimum absolute atomic E-state index is 0.154. The molecule has 0 aliphatic carbocycles. The van der Waals surface area contributed by atoms with E-state index >= 15 is 0 Å². The van der Waals surface area contributed by atoms with Gasteiger partial charge in [0.05, 0.1) is 12.5 Å². The summed E-state index contributed by atoms with van der Waals surface area (Å²) < 4.78 is 9.83. The van der Waals surface area contributed by atoms with E-state index in [4.69, 9.17) is 9.47 Å². The van der Waals surface area contributed by atoms with Crippen molar-refractivity contribution in [3.05, 3.63) is 12.7 Å². The maximum Gasteiger partial charge on any atom is 0.407 e. The molecule has 0 bridgehead atoms. The molecule has 0 saturated carbocycles. The number of amides is 1. The van der Waals surface area contributed by atoms with Gasteiger partial charge < -0.3 is 20.1 Å². The van der Waals surface area contributed by atoms with E-state index in [2.05, 4.69) is 17.2 Å². The summed E-state index contributed by atoms with van der Waals surface area (Å²) in [5.74, 6) is -0.659. The van der Waals surface area contributed by atoms with E-state index < -0.39 is 6.09 Å². The van der Waals surface area contributed by atoms with Crippen molar-refractivity contribution in [3.8, 4) is 0 Å². The van der Waals surface area contributed by atoms with Crippen LogP contribution in [0.15, 0.2) is 12.7 Å². The Bertz CT molecular complexity index is 306. The fourth-order valence-electron chi connectivity index (χ4n) is 1.86. The predicted molar refractivity (Wildman–Crippen MR) is 66.1 cm³/mol. The lowest BCUT2D eigenvalue weighted by Crippen LogP contribution is -2.52. The van der Waals surface area contributed by atoms with Crippen molar-refractivity contribution in [1.29, 1.82) is 0 Å². The molecule has 1 fully saturated rings. The second-order valence-corrected chi connectivity index (χ2v) is 3.99. The molecule has 1 heterocycles. The van der Waals surface area contributed by atoms with Crippen molar-refractivity contribution in [3.63, 3.8) is 0 Å². The molecule has 1 amide bonds. The number of rotatable bonds is 5. The molecular weight excluding hydrogens is 236 g/mol. The second kappa shape index (κ2) is 7.71. The molecule has 6 nitrogen and oxygen atoms in total. The summed E-state index contributed by atoms with van der Waals surface area (Å²) in [5.41, 5.74) is 0. The molecule has 1 rings (SSSR count). The third-order valence-electron chi connectivity index (χ3n) is 2.71. The molecule has 102 valence electrons. The van der Waals surface area contributed by atoms with Crippen molar-refractivity contribution in [1.82, 2.24) is 10.6 Å². The van der Waals surface area contributed by atoms with Gasteiger partial charge in [0.1, 0.15) is 6.61 Å². The molecule has 0 aromatic rings. The van der Waals surface area contributed by atoms with Crippen molar-refractivity contribution in [2.24, 2.45) is 5.92 Å². The average Bonchev–Trinajstić information content (AvgIpc) is 2.37. The number of nitrogens with one attached hydrogen (secondary N) is 2. The highest BCUT2D eigenvalue weighted by Crippen LogP contribution is 2.13. The number of hydrogen-bond donors (Lipinski definition) is 2. The summed E-state index contributed by atoms with van der Waals surface area (Å²) in [6.07, 6.45) is 1.63. The van der Waals surface area contributed by atoms with Crippen LogP contribution in [-0.4, -0.2) is 44.4 Å². The van der Waals surface area contributed by atoms with Crippen LogP contribution in [0.25, 0.3) is 0 Å². The Kier molecular flexibility index (Phi) is 6.21. The van der Waals surface area contributed by atoms with Crippen LogP contribution in [0.5, 0.6) is 0 Å². The van der Waals surface area contributed by atoms with Gasteiger partial charge in [-0.3, -0.25) is 4.79 Å². The standard InChI is InChI=1S/C12H20N2O4/c1-3-7-18-12(16)14-10-5-6-13-8-9(10)11(15)17-4-2/h3,9-10,13H,1,4-8H2,2H3,(H,14,16)/t9-,10?/m0/s1. The Morgan fingerprint density at radius 2 is 2.28 bits per heavy atom. The van der Waals surface area contributed by atoms with Crippen LogP contribution in [0.3, 0.4) is 0 Å². The molecule has 0 spiro atoms. The summed E-state index contributed by atoms with van der Waals surface area (Å²) in [5, 5.41) is 5.80. The quantitative estimate of drug-likeness (QED) is 0.551. The van der Waals surface area contributed by atoms with Gasteiger partial charge in [-0.1, -0.05) is 12.7 Å². The Balaban J connectivity index is 2.51. The normalized spacial score (nSPS) is 22.9. The molecule has 1 saturated heterocycles. The van der Waals surface area contributed by atoms with Gasteiger partial charge in [-0.05, 0) is 19.9 Å². The largest absolute Gasteiger partial charge is 0.466 e. The minimum Gasteiger partial charge on any atom is -0.466 e. The van der Waals surface area contributed by atoms with Gasteiger partial charge in [-0.15, -0.1) is 0 Å². The third kappa shape index (κ3) is 4.37. The van der Waals surface area contributed by atoms with E-state index in [0.717, 1.165) is 6.54 Å². The number of alkyl carbamates (subject to hydrolysis) is 1. The van der Waals surface area contributed by atoms with Gasteiger partial charge in [0, 0.05) is 12.6 Å². The van der Waals surface area contributed by atoms with Gasteiger partial charge in [-0.25, -0.2) is 4.79 Å². The maximum absolute atomic E-state index is 11.7. The zero-order chi connectivity index (χ0) is 13.4. The number of ether oxygens (including phenoxy) is 2. The molecule has 0 aromatic heterocycles. The summed E-state index contributed by atoms with van der Waals surface area (Å²) in [6, 6.07) is -0.248. The van der Waals surface area contributed by atoms with Crippen molar-refractivity contribution in [2.45, 2.75) is 19.4 Å². The molecule has 1 aliphatic rings. The van der Waals surface area contributed by atoms with E-state index in [9.17, 15) is 9.59 Å². The van der Waals surface area contributed by atoms with Crippen LogP contribution >= 0.6 is 0 Å². The molecule has 18 heavy (non-hydrogen) atoms. The van der Waals surface area contributed by atoms with Gasteiger partial charge >= 0.3 is 12.1 Å². The molecule has 1 aliphatic heterocycles. The van der Waals surface area contributed by atoms with E-state index in [1.807, 2.05) is 0 Å². The van der Waals surface area contributed by atoms with Crippen LogP contribution in [0, 0.1) is 5.92 Å². The van der Waals surface area contributed by atoms with Gasteiger partial charge in [-0.2, -0.15) is 0 Å². The fraction of sp³-hybridized carbons (Fsp3) is 0.667. The summed E-state index contributed by atoms with van der Waals surface area (Å²) in [4.78, 5) is 23.2. The van der Waals surface area contributed by atoms with E-state index in [1.54, 1.807) is 6.92 Å². The molecule has 2 atom stereocenters. The first-order chi connectivity index (χ1) is 8.69.